The molecule has 8 aromatic rings. The normalized spacial score (nSPS) is 13.4. The summed E-state index contributed by atoms with van der Waals surface area (Å²) >= 11 is 0. The molecule has 0 bridgehead atoms. The number of allylic oxidation sites excluding steroid dienone is 3. The van der Waals surface area contributed by atoms with Gasteiger partial charge in [-0.3, -0.25) is 4.99 Å². The van der Waals surface area contributed by atoms with Crippen LogP contribution in [0.15, 0.2) is 187 Å². The number of nitrogens with zero attached hydrogens (tertiary/aromatic N) is 2. The van der Waals surface area contributed by atoms with E-state index in [0.29, 0.717) is 13.1 Å². The Bertz CT molecular complexity index is 2840. The van der Waals surface area contributed by atoms with Crippen LogP contribution >= 0.6 is 0 Å². The first-order chi connectivity index (χ1) is 28.2. The third-order valence-corrected chi connectivity index (χ3v) is 11.1. The van der Waals surface area contributed by atoms with E-state index in [1.54, 1.807) is 0 Å². The monoisotopic (exact) mass is 738 g/mol. The fraction of sp³-hybridized carbons (Fsp3) is 0.113. The molecule has 4 nitrogen and oxygen atoms in total. The van der Waals surface area contributed by atoms with E-state index in [0.717, 1.165) is 63.4 Å². The molecule has 0 spiro atoms. The standard InChI is InChI=1S/C53H46N4/c1-2-15-41-29-31-45(43-30-33-49-48(34-43)47-32-28-39-20-13-14-23-46(39)52(47)57(49)44-21-11-6-12-22-44)50(51(41)54)40-24-26-42(27-25-40)53(56-36-38-18-9-5-10-19-38)55-35-37-16-7-3-4-8-17-37/h2,5-7,9-34H,3-4,8,35-36,54H2,1H3,(H,55,56)/b15-2-. The molecule has 1 aromatic heterocycles. The molecule has 0 fully saturated rings. The Morgan fingerprint density at radius 3 is 2.33 bits per heavy atom. The highest BCUT2D eigenvalue weighted by Gasteiger charge is 2.19. The lowest BCUT2D eigenvalue weighted by Gasteiger charge is -2.17. The van der Waals surface area contributed by atoms with Crippen molar-refractivity contribution in [2.24, 2.45) is 4.99 Å². The van der Waals surface area contributed by atoms with Crippen LogP contribution in [0.3, 0.4) is 0 Å². The Morgan fingerprint density at radius 1 is 0.737 bits per heavy atom. The Balaban J connectivity index is 1.15. The first-order valence-electron chi connectivity index (χ1n) is 20.0. The molecule has 1 aliphatic carbocycles. The van der Waals surface area contributed by atoms with Crippen LogP contribution in [0.4, 0.5) is 5.69 Å². The summed E-state index contributed by atoms with van der Waals surface area (Å²) in [4.78, 5) is 5.14. The van der Waals surface area contributed by atoms with Crippen LogP contribution in [-0.2, 0) is 6.54 Å². The number of rotatable bonds is 9. The van der Waals surface area contributed by atoms with Crippen molar-refractivity contribution in [3.8, 4) is 27.9 Å². The van der Waals surface area contributed by atoms with E-state index >= 15 is 0 Å². The number of nitrogen functional groups attached to an aromatic ring is 1. The molecule has 278 valence electrons. The Morgan fingerprint density at radius 2 is 1.51 bits per heavy atom. The average Bonchev–Trinajstić information content (AvgIpc) is 3.37. The number of hydrogen-bond acceptors (Lipinski definition) is 2. The van der Waals surface area contributed by atoms with Gasteiger partial charge in [0, 0.05) is 45.2 Å². The average molecular weight is 739 g/mol. The van der Waals surface area contributed by atoms with Crippen molar-refractivity contribution < 1.29 is 0 Å². The van der Waals surface area contributed by atoms with Gasteiger partial charge in [0.2, 0.25) is 0 Å². The topological polar surface area (TPSA) is 55.3 Å². The molecule has 0 amide bonds. The highest BCUT2D eigenvalue weighted by molar-refractivity contribution is 6.19. The van der Waals surface area contributed by atoms with Gasteiger partial charge in [-0.1, -0.05) is 158 Å². The van der Waals surface area contributed by atoms with Crippen LogP contribution in [0.25, 0.3) is 66.6 Å². The van der Waals surface area contributed by atoms with Gasteiger partial charge in [0.1, 0.15) is 5.84 Å². The van der Waals surface area contributed by atoms with Crippen molar-refractivity contribution in [1.29, 1.82) is 0 Å². The zero-order valence-corrected chi connectivity index (χ0v) is 32.3. The molecule has 7 aromatic carbocycles. The molecule has 0 unspecified atom stereocenters. The van der Waals surface area contributed by atoms with Gasteiger partial charge in [0.15, 0.2) is 0 Å². The Hall–Kier alpha value is -6.91. The summed E-state index contributed by atoms with van der Waals surface area (Å²) < 4.78 is 2.41. The predicted molar refractivity (Wildman–Crippen MR) is 244 cm³/mol. The number of aromatic nitrogens is 1. The summed E-state index contributed by atoms with van der Waals surface area (Å²) in [5.74, 6) is 0.882. The highest BCUT2D eigenvalue weighted by atomic mass is 15.0. The molecule has 3 N–H and O–H groups in total. The third kappa shape index (κ3) is 7.18. The molecule has 1 heterocycles. The van der Waals surface area contributed by atoms with Gasteiger partial charge in [0.25, 0.3) is 0 Å². The molecule has 57 heavy (non-hydrogen) atoms. The van der Waals surface area contributed by atoms with Crippen LogP contribution < -0.4 is 11.1 Å². The van der Waals surface area contributed by atoms with Crippen LogP contribution in [-0.4, -0.2) is 16.9 Å². The first kappa shape index (κ1) is 35.8. The summed E-state index contributed by atoms with van der Waals surface area (Å²) in [6.07, 6.45) is 14.4. The van der Waals surface area contributed by atoms with Crippen molar-refractivity contribution in [3.63, 3.8) is 0 Å². The van der Waals surface area contributed by atoms with Crippen LogP contribution in [0.2, 0.25) is 0 Å². The SMILES string of the molecule is C/C=C\c1ccc(-c2ccc3c(c2)c2ccc4ccccc4c2n3-c2ccccc2)c(-c2ccc(C(=NCC3=CCCCC=C3)NCc3ccccc3)cc2)c1N. The summed E-state index contributed by atoms with van der Waals surface area (Å²) in [6.45, 7) is 3.36. The second kappa shape index (κ2) is 16.1. The number of anilines is 1. The maximum absolute atomic E-state index is 7.13. The van der Waals surface area contributed by atoms with Crippen LogP contribution in [0.5, 0.6) is 0 Å². The lowest BCUT2D eigenvalue weighted by atomic mass is 9.89. The summed E-state index contributed by atoms with van der Waals surface area (Å²) in [6, 6.07) is 54.4. The molecule has 0 saturated carbocycles. The Labute approximate surface area is 335 Å². The summed E-state index contributed by atoms with van der Waals surface area (Å²) in [5, 5.41) is 8.56. The lowest BCUT2D eigenvalue weighted by molar-refractivity contribution is 0.872. The van der Waals surface area contributed by atoms with Crippen LogP contribution in [0, 0.1) is 0 Å². The predicted octanol–water partition coefficient (Wildman–Crippen LogP) is 13.1. The van der Waals surface area contributed by atoms with Crippen molar-refractivity contribution >= 4 is 50.2 Å². The molecule has 4 heteroatoms. The molecular weight excluding hydrogens is 693 g/mol. The largest absolute Gasteiger partial charge is 0.398 e. The lowest BCUT2D eigenvalue weighted by Crippen LogP contribution is -2.24. The first-order valence-corrected chi connectivity index (χ1v) is 20.0. The molecule has 0 saturated heterocycles. The smallest absolute Gasteiger partial charge is 0.128 e. The van der Waals surface area contributed by atoms with Gasteiger partial charge in [0.05, 0.1) is 17.6 Å². The molecule has 0 radical (unpaired) electrons. The Kier molecular flexibility index (Phi) is 10.1. The van der Waals surface area contributed by atoms with E-state index in [-0.39, 0.29) is 0 Å². The number of nitrogens with one attached hydrogen (secondary N) is 1. The van der Waals surface area contributed by atoms with E-state index in [2.05, 4.69) is 186 Å². The number of aliphatic imine (C=N–C) groups is 1. The number of nitrogens with two attached hydrogens (primary N) is 1. The number of benzene rings is 7. The van der Waals surface area contributed by atoms with Gasteiger partial charge in [-0.15, -0.1) is 0 Å². The molecular formula is C53H46N4. The van der Waals surface area contributed by atoms with E-state index in [1.165, 1.54) is 50.1 Å². The fourth-order valence-electron chi connectivity index (χ4n) is 8.24. The van der Waals surface area contributed by atoms with Gasteiger partial charge in [-0.25, -0.2) is 0 Å². The molecule has 0 atom stereocenters. The van der Waals surface area contributed by atoms with Gasteiger partial charge < -0.3 is 15.6 Å². The number of para-hydroxylation sites is 1. The zero-order chi connectivity index (χ0) is 38.6. The third-order valence-electron chi connectivity index (χ3n) is 11.1. The molecule has 1 aliphatic rings. The number of amidine groups is 1. The zero-order valence-electron chi connectivity index (χ0n) is 32.3. The maximum atomic E-state index is 7.13. The highest BCUT2D eigenvalue weighted by Crippen LogP contribution is 2.43. The van der Waals surface area contributed by atoms with E-state index in [9.17, 15) is 0 Å². The second-order valence-corrected chi connectivity index (χ2v) is 14.8. The quantitative estimate of drug-likeness (QED) is 0.0880. The number of hydrogen-bond donors (Lipinski definition) is 2. The maximum Gasteiger partial charge on any atom is 0.128 e. The molecule has 9 rings (SSSR count). The minimum atomic E-state index is 0.636. The van der Waals surface area contributed by atoms with Gasteiger partial charge in [-0.05, 0) is 89.2 Å². The van der Waals surface area contributed by atoms with Crippen molar-refractivity contribution in [2.75, 3.05) is 12.3 Å². The second-order valence-electron chi connectivity index (χ2n) is 14.8. The van der Waals surface area contributed by atoms with E-state index in [1.807, 2.05) is 13.0 Å². The van der Waals surface area contributed by atoms with E-state index < -0.39 is 0 Å². The summed E-state index contributed by atoms with van der Waals surface area (Å²) in [7, 11) is 0. The van der Waals surface area contributed by atoms with Crippen molar-refractivity contribution in [3.05, 3.63) is 198 Å². The van der Waals surface area contributed by atoms with Gasteiger partial charge in [-0.2, -0.15) is 0 Å². The molecule has 0 aliphatic heterocycles. The van der Waals surface area contributed by atoms with E-state index in [4.69, 9.17) is 10.7 Å². The summed E-state index contributed by atoms with van der Waals surface area (Å²) in [5.41, 5.74) is 20.3. The minimum Gasteiger partial charge on any atom is -0.398 e. The van der Waals surface area contributed by atoms with Crippen molar-refractivity contribution in [1.82, 2.24) is 9.88 Å². The van der Waals surface area contributed by atoms with Crippen molar-refractivity contribution in [2.45, 2.75) is 32.7 Å². The van der Waals surface area contributed by atoms with Gasteiger partial charge >= 0.3 is 0 Å². The minimum absolute atomic E-state index is 0.636. The number of fused-ring (bicyclic) bond motifs is 5. The van der Waals surface area contributed by atoms with Crippen LogP contribution in [0.1, 0.15) is 42.9 Å². The fourth-order valence-corrected chi connectivity index (χ4v) is 8.24.